The standard InChI is InChI=1S/C23H27N3O3/c1-2-15-8-10-17(11-9-15)26-19-7-3-6-18(19)20(24-26)21(27)25-13-16-5-4-12-23(16,14-25)22(28)29/h8-11,16H,2-7,12-14H2,1H3,(H,28,29)/t16-,23+/m0/s1. The van der Waals surface area contributed by atoms with Crippen LogP contribution in [-0.2, 0) is 24.1 Å². The molecule has 0 bridgehead atoms. The predicted octanol–water partition coefficient (Wildman–Crippen LogP) is 3.25. The van der Waals surface area contributed by atoms with E-state index in [2.05, 4.69) is 31.2 Å². The van der Waals surface area contributed by atoms with Crippen LogP contribution in [0.1, 0.15) is 59.9 Å². The van der Waals surface area contributed by atoms with E-state index < -0.39 is 11.4 Å². The van der Waals surface area contributed by atoms with Crippen LogP contribution in [-0.4, -0.2) is 44.8 Å². The number of carboxylic acid groups (broad SMARTS) is 1. The third-order valence-corrected chi connectivity index (χ3v) is 7.31. The summed E-state index contributed by atoms with van der Waals surface area (Å²) < 4.78 is 1.93. The maximum atomic E-state index is 13.4. The highest BCUT2D eigenvalue weighted by molar-refractivity contribution is 5.95. The van der Waals surface area contributed by atoms with E-state index in [0.29, 0.717) is 25.2 Å². The number of carbonyl (C=O) groups is 2. The highest BCUT2D eigenvalue weighted by Gasteiger charge is 2.56. The number of likely N-dealkylation sites (tertiary alicyclic amines) is 1. The number of benzene rings is 1. The molecule has 6 heteroatoms. The fraction of sp³-hybridized carbons (Fsp3) is 0.522. The first-order chi connectivity index (χ1) is 14.0. The summed E-state index contributed by atoms with van der Waals surface area (Å²) >= 11 is 0. The maximum Gasteiger partial charge on any atom is 0.311 e. The number of carbonyl (C=O) groups excluding carboxylic acids is 1. The highest BCUT2D eigenvalue weighted by Crippen LogP contribution is 2.49. The van der Waals surface area contributed by atoms with Crippen LogP contribution in [0.2, 0.25) is 0 Å². The van der Waals surface area contributed by atoms with Crippen LogP contribution in [0, 0.1) is 11.3 Å². The van der Waals surface area contributed by atoms with Gasteiger partial charge in [-0.15, -0.1) is 0 Å². The molecule has 0 spiro atoms. The average Bonchev–Trinajstić information content (AvgIpc) is 3.46. The van der Waals surface area contributed by atoms with E-state index in [-0.39, 0.29) is 11.8 Å². The Bertz CT molecular complexity index is 978. The Morgan fingerprint density at radius 1 is 1.21 bits per heavy atom. The van der Waals surface area contributed by atoms with Crippen LogP contribution in [0.4, 0.5) is 0 Å². The van der Waals surface area contributed by atoms with E-state index in [4.69, 9.17) is 5.10 Å². The number of rotatable bonds is 4. The van der Waals surface area contributed by atoms with Gasteiger partial charge in [-0.2, -0.15) is 5.10 Å². The van der Waals surface area contributed by atoms with Gasteiger partial charge in [0.2, 0.25) is 0 Å². The molecule has 1 aromatic carbocycles. The zero-order chi connectivity index (χ0) is 20.2. The Morgan fingerprint density at radius 3 is 2.69 bits per heavy atom. The maximum absolute atomic E-state index is 13.4. The van der Waals surface area contributed by atoms with Crippen molar-refractivity contribution in [2.24, 2.45) is 11.3 Å². The third kappa shape index (κ3) is 2.72. The minimum absolute atomic E-state index is 0.0701. The quantitative estimate of drug-likeness (QED) is 0.865. The van der Waals surface area contributed by atoms with Crippen molar-refractivity contribution in [3.63, 3.8) is 0 Å². The van der Waals surface area contributed by atoms with E-state index in [1.54, 1.807) is 4.90 Å². The molecule has 1 saturated carbocycles. The predicted molar refractivity (Wildman–Crippen MR) is 108 cm³/mol. The van der Waals surface area contributed by atoms with Gasteiger partial charge in [-0.25, -0.2) is 4.68 Å². The van der Waals surface area contributed by atoms with Gasteiger partial charge in [-0.1, -0.05) is 25.5 Å². The molecule has 29 heavy (non-hydrogen) atoms. The van der Waals surface area contributed by atoms with Crippen molar-refractivity contribution in [2.45, 2.75) is 51.9 Å². The van der Waals surface area contributed by atoms with Crippen molar-refractivity contribution in [3.05, 3.63) is 46.8 Å². The van der Waals surface area contributed by atoms with E-state index in [1.165, 1.54) is 5.56 Å². The highest BCUT2D eigenvalue weighted by atomic mass is 16.4. The zero-order valence-corrected chi connectivity index (χ0v) is 16.9. The van der Waals surface area contributed by atoms with Gasteiger partial charge in [0.15, 0.2) is 5.69 Å². The Morgan fingerprint density at radius 2 is 2.00 bits per heavy atom. The lowest BCUT2D eigenvalue weighted by Gasteiger charge is -2.23. The number of carboxylic acids is 1. The number of hydrogen-bond donors (Lipinski definition) is 1. The molecule has 1 saturated heterocycles. The van der Waals surface area contributed by atoms with Crippen LogP contribution in [0.3, 0.4) is 0 Å². The average molecular weight is 393 g/mol. The van der Waals surface area contributed by atoms with E-state index in [0.717, 1.165) is 55.5 Å². The summed E-state index contributed by atoms with van der Waals surface area (Å²) in [7, 11) is 0. The van der Waals surface area contributed by atoms with Crippen LogP contribution < -0.4 is 0 Å². The Kier molecular flexibility index (Phi) is 4.26. The van der Waals surface area contributed by atoms with E-state index in [1.807, 2.05) is 4.68 Å². The van der Waals surface area contributed by atoms with Gasteiger partial charge in [0.1, 0.15) is 0 Å². The molecule has 2 heterocycles. The summed E-state index contributed by atoms with van der Waals surface area (Å²) in [6.45, 7) is 2.99. The molecule has 1 amide bonds. The molecule has 2 atom stereocenters. The molecule has 1 aromatic heterocycles. The number of fused-ring (bicyclic) bond motifs is 2. The number of aryl methyl sites for hydroxylation is 1. The fourth-order valence-corrected chi connectivity index (χ4v) is 5.64. The van der Waals surface area contributed by atoms with Crippen LogP contribution in [0.5, 0.6) is 0 Å². The van der Waals surface area contributed by atoms with Crippen LogP contribution in [0.15, 0.2) is 24.3 Å². The second-order valence-corrected chi connectivity index (χ2v) is 8.80. The lowest BCUT2D eigenvalue weighted by atomic mass is 9.81. The monoisotopic (exact) mass is 393 g/mol. The summed E-state index contributed by atoms with van der Waals surface area (Å²) in [4.78, 5) is 27.1. The third-order valence-electron chi connectivity index (χ3n) is 7.31. The Labute approximate surface area is 170 Å². The molecule has 5 rings (SSSR count). The van der Waals surface area contributed by atoms with Crippen LogP contribution in [0.25, 0.3) is 5.69 Å². The topological polar surface area (TPSA) is 75.4 Å². The Balaban J connectivity index is 1.47. The first-order valence-corrected chi connectivity index (χ1v) is 10.8. The molecule has 1 N–H and O–H groups in total. The minimum Gasteiger partial charge on any atom is -0.481 e. The van der Waals surface area contributed by atoms with Crippen LogP contribution >= 0.6 is 0 Å². The molecule has 152 valence electrons. The SMILES string of the molecule is CCc1ccc(-n2nc(C(=O)N3C[C@@H]4CCC[C@@]4(C(=O)O)C3)c3c2CCC3)cc1. The van der Waals surface area contributed by atoms with Crippen molar-refractivity contribution >= 4 is 11.9 Å². The van der Waals surface area contributed by atoms with E-state index >= 15 is 0 Å². The molecule has 2 aliphatic carbocycles. The van der Waals surface area contributed by atoms with Gasteiger partial charge in [-0.05, 0) is 62.1 Å². The largest absolute Gasteiger partial charge is 0.481 e. The molecule has 6 nitrogen and oxygen atoms in total. The van der Waals surface area contributed by atoms with Crippen molar-refractivity contribution in [3.8, 4) is 5.69 Å². The summed E-state index contributed by atoms with van der Waals surface area (Å²) in [6.07, 6.45) is 6.32. The number of hydrogen-bond acceptors (Lipinski definition) is 3. The number of aliphatic carboxylic acids is 1. The lowest BCUT2D eigenvalue weighted by molar-refractivity contribution is -0.149. The Hall–Kier alpha value is -2.63. The number of amides is 1. The lowest BCUT2D eigenvalue weighted by Crippen LogP contribution is -2.37. The van der Waals surface area contributed by atoms with Gasteiger partial charge >= 0.3 is 5.97 Å². The van der Waals surface area contributed by atoms with Crippen molar-refractivity contribution < 1.29 is 14.7 Å². The van der Waals surface area contributed by atoms with E-state index in [9.17, 15) is 14.7 Å². The van der Waals surface area contributed by atoms with Crippen molar-refractivity contribution in [2.75, 3.05) is 13.1 Å². The smallest absolute Gasteiger partial charge is 0.311 e. The summed E-state index contributed by atoms with van der Waals surface area (Å²) in [6, 6.07) is 8.35. The van der Waals surface area contributed by atoms with Crippen molar-refractivity contribution in [1.82, 2.24) is 14.7 Å². The van der Waals surface area contributed by atoms with Gasteiger partial charge in [0.25, 0.3) is 5.91 Å². The minimum atomic E-state index is -0.753. The second-order valence-electron chi connectivity index (χ2n) is 8.80. The first-order valence-electron chi connectivity index (χ1n) is 10.8. The molecule has 2 aromatic rings. The molecule has 2 fully saturated rings. The van der Waals surface area contributed by atoms with Gasteiger partial charge in [0.05, 0.1) is 11.1 Å². The summed E-state index contributed by atoms with van der Waals surface area (Å²) in [5, 5.41) is 14.6. The molecule has 1 aliphatic heterocycles. The molecular formula is C23H27N3O3. The molecule has 3 aliphatic rings. The first kappa shape index (κ1) is 18.4. The zero-order valence-electron chi connectivity index (χ0n) is 16.9. The number of aromatic nitrogens is 2. The normalized spacial score (nSPS) is 25.3. The van der Waals surface area contributed by atoms with Crippen molar-refractivity contribution in [1.29, 1.82) is 0 Å². The number of nitrogens with zero attached hydrogens (tertiary/aromatic N) is 3. The molecular weight excluding hydrogens is 366 g/mol. The second kappa shape index (κ2) is 6.71. The summed E-state index contributed by atoms with van der Waals surface area (Å²) in [5.74, 6) is -0.773. The molecule has 0 radical (unpaired) electrons. The summed E-state index contributed by atoms with van der Waals surface area (Å²) in [5.41, 5.74) is 4.21. The molecule has 0 unspecified atom stereocenters. The van der Waals surface area contributed by atoms with Gasteiger partial charge in [-0.3, -0.25) is 9.59 Å². The fourth-order valence-electron chi connectivity index (χ4n) is 5.64. The van der Waals surface area contributed by atoms with Gasteiger partial charge < -0.3 is 10.0 Å². The van der Waals surface area contributed by atoms with Gasteiger partial charge in [0, 0.05) is 24.3 Å².